The first-order valence-corrected chi connectivity index (χ1v) is 7.51. The summed E-state index contributed by atoms with van der Waals surface area (Å²) in [5.74, 6) is 2.48. The van der Waals surface area contributed by atoms with E-state index in [2.05, 4.69) is 24.5 Å². The molecule has 1 aliphatic rings. The Morgan fingerprint density at radius 2 is 2.38 bits per heavy atom. The molecule has 1 aliphatic heterocycles. The van der Waals surface area contributed by atoms with Gasteiger partial charge < -0.3 is 10.6 Å². The quantitative estimate of drug-likeness (QED) is 0.700. The van der Waals surface area contributed by atoms with Crippen LogP contribution in [0.4, 0.5) is 0 Å². The molecule has 0 saturated carbocycles. The lowest BCUT2D eigenvalue weighted by atomic mass is 10.0. The van der Waals surface area contributed by atoms with Gasteiger partial charge in [-0.05, 0) is 44.2 Å². The molecule has 94 valence electrons. The third-order valence-electron chi connectivity index (χ3n) is 2.91. The lowest BCUT2D eigenvalue weighted by molar-refractivity contribution is -0.124. The Morgan fingerprint density at radius 3 is 3.00 bits per heavy atom. The van der Waals surface area contributed by atoms with Gasteiger partial charge in [-0.2, -0.15) is 11.8 Å². The molecule has 1 rings (SSSR count). The fourth-order valence-electron chi connectivity index (χ4n) is 1.90. The summed E-state index contributed by atoms with van der Waals surface area (Å²) in [5.41, 5.74) is 0. The zero-order chi connectivity index (χ0) is 11.8. The summed E-state index contributed by atoms with van der Waals surface area (Å²) in [6.07, 6.45) is 4.43. The molecule has 1 heterocycles. The van der Waals surface area contributed by atoms with Crippen molar-refractivity contribution in [3.05, 3.63) is 0 Å². The van der Waals surface area contributed by atoms with Crippen LogP contribution in [0.5, 0.6) is 0 Å². The van der Waals surface area contributed by atoms with Crippen molar-refractivity contribution in [3.8, 4) is 0 Å². The molecular formula is C12H24N2OS. The van der Waals surface area contributed by atoms with Gasteiger partial charge in [-0.15, -0.1) is 0 Å². The van der Waals surface area contributed by atoms with Gasteiger partial charge in [0.2, 0.25) is 5.91 Å². The molecule has 0 aromatic carbocycles. The molecule has 0 radical (unpaired) electrons. The summed E-state index contributed by atoms with van der Waals surface area (Å²) >= 11 is 1.93. The number of amides is 1. The lowest BCUT2D eigenvalue weighted by Crippen LogP contribution is -2.49. The number of rotatable bonds is 6. The molecule has 0 aliphatic carbocycles. The van der Waals surface area contributed by atoms with Gasteiger partial charge in [-0.3, -0.25) is 4.79 Å². The monoisotopic (exact) mass is 244 g/mol. The maximum Gasteiger partial charge on any atom is 0.237 e. The van der Waals surface area contributed by atoms with E-state index in [1.807, 2.05) is 11.8 Å². The molecule has 1 amide bonds. The van der Waals surface area contributed by atoms with E-state index in [9.17, 15) is 4.79 Å². The summed E-state index contributed by atoms with van der Waals surface area (Å²) in [5, 5.41) is 6.37. The van der Waals surface area contributed by atoms with Crippen LogP contribution in [0.2, 0.25) is 0 Å². The SMILES string of the molecule is CCSCCC(C)NC(=O)[C@H]1CCCCN1. The fourth-order valence-corrected chi connectivity index (χ4v) is 2.70. The molecule has 1 unspecified atom stereocenters. The van der Waals surface area contributed by atoms with Crippen LogP contribution >= 0.6 is 11.8 Å². The van der Waals surface area contributed by atoms with Crippen LogP contribution in [0.3, 0.4) is 0 Å². The Hall–Kier alpha value is -0.220. The second kappa shape index (κ2) is 7.96. The Bertz CT molecular complexity index is 205. The van der Waals surface area contributed by atoms with Gasteiger partial charge in [0.05, 0.1) is 6.04 Å². The highest BCUT2D eigenvalue weighted by molar-refractivity contribution is 7.99. The highest BCUT2D eigenvalue weighted by Gasteiger charge is 2.21. The maximum atomic E-state index is 11.9. The van der Waals surface area contributed by atoms with E-state index in [0.717, 1.165) is 30.9 Å². The molecule has 4 heteroatoms. The molecule has 2 atom stereocenters. The zero-order valence-corrected chi connectivity index (χ0v) is 11.2. The Labute approximate surface area is 103 Å². The second-order valence-corrected chi connectivity index (χ2v) is 5.79. The van der Waals surface area contributed by atoms with Crippen molar-refractivity contribution in [2.45, 2.75) is 51.6 Å². The highest BCUT2D eigenvalue weighted by Crippen LogP contribution is 2.08. The molecule has 1 fully saturated rings. The van der Waals surface area contributed by atoms with Gasteiger partial charge in [-0.25, -0.2) is 0 Å². The molecule has 16 heavy (non-hydrogen) atoms. The van der Waals surface area contributed by atoms with E-state index in [0.29, 0.717) is 6.04 Å². The van der Waals surface area contributed by atoms with Crippen molar-refractivity contribution in [1.82, 2.24) is 10.6 Å². The van der Waals surface area contributed by atoms with Crippen LogP contribution in [0, 0.1) is 0 Å². The van der Waals surface area contributed by atoms with E-state index in [-0.39, 0.29) is 11.9 Å². The van der Waals surface area contributed by atoms with Gasteiger partial charge in [0.15, 0.2) is 0 Å². The van der Waals surface area contributed by atoms with Gasteiger partial charge in [0.1, 0.15) is 0 Å². The van der Waals surface area contributed by atoms with E-state index in [4.69, 9.17) is 0 Å². The molecule has 0 spiro atoms. The number of carbonyl (C=O) groups is 1. The van der Waals surface area contributed by atoms with E-state index in [1.54, 1.807) is 0 Å². The largest absolute Gasteiger partial charge is 0.352 e. The third-order valence-corrected chi connectivity index (χ3v) is 3.85. The van der Waals surface area contributed by atoms with Crippen molar-refractivity contribution in [3.63, 3.8) is 0 Å². The number of thioether (sulfide) groups is 1. The zero-order valence-electron chi connectivity index (χ0n) is 10.4. The minimum Gasteiger partial charge on any atom is -0.352 e. The summed E-state index contributed by atoms with van der Waals surface area (Å²) in [7, 11) is 0. The van der Waals surface area contributed by atoms with E-state index < -0.39 is 0 Å². The smallest absolute Gasteiger partial charge is 0.237 e. The van der Waals surface area contributed by atoms with E-state index in [1.165, 1.54) is 12.8 Å². The van der Waals surface area contributed by atoms with Gasteiger partial charge in [0, 0.05) is 6.04 Å². The minimum atomic E-state index is 0.0510. The van der Waals surface area contributed by atoms with Crippen molar-refractivity contribution >= 4 is 17.7 Å². The lowest BCUT2D eigenvalue weighted by Gasteiger charge is -2.24. The summed E-state index contributed by atoms with van der Waals surface area (Å²) in [4.78, 5) is 11.9. The number of hydrogen-bond acceptors (Lipinski definition) is 3. The molecule has 0 aromatic heterocycles. The number of piperidine rings is 1. The summed E-state index contributed by atoms with van der Waals surface area (Å²) in [6.45, 7) is 5.25. The summed E-state index contributed by atoms with van der Waals surface area (Å²) < 4.78 is 0. The number of hydrogen-bond donors (Lipinski definition) is 2. The van der Waals surface area contributed by atoms with Crippen LogP contribution in [0.25, 0.3) is 0 Å². The van der Waals surface area contributed by atoms with Crippen LogP contribution in [-0.2, 0) is 4.79 Å². The van der Waals surface area contributed by atoms with Crippen LogP contribution in [-0.4, -0.2) is 36.0 Å². The number of nitrogens with one attached hydrogen (secondary N) is 2. The Morgan fingerprint density at radius 1 is 1.56 bits per heavy atom. The predicted molar refractivity (Wildman–Crippen MR) is 70.9 cm³/mol. The topological polar surface area (TPSA) is 41.1 Å². The maximum absolute atomic E-state index is 11.9. The Kier molecular flexibility index (Phi) is 6.88. The van der Waals surface area contributed by atoms with Crippen molar-refractivity contribution in [2.24, 2.45) is 0 Å². The van der Waals surface area contributed by atoms with Crippen LogP contribution < -0.4 is 10.6 Å². The normalized spacial score (nSPS) is 22.8. The van der Waals surface area contributed by atoms with Crippen molar-refractivity contribution < 1.29 is 4.79 Å². The molecule has 0 bridgehead atoms. The standard InChI is InChI=1S/C12H24N2OS/c1-3-16-9-7-10(2)14-12(15)11-6-4-5-8-13-11/h10-11,13H,3-9H2,1-2H3,(H,14,15)/t10?,11-/m1/s1. The summed E-state index contributed by atoms with van der Waals surface area (Å²) in [6, 6.07) is 0.352. The van der Waals surface area contributed by atoms with Crippen LogP contribution in [0.1, 0.15) is 39.5 Å². The average molecular weight is 244 g/mol. The third kappa shape index (κ3) is 5.21. The fraction of sp³-hybridized carbons (Fsp3) is 0.917. The molecule has 3 nitrogen and oxygen atoms in total. The Balaban J connectivity index is 2.16. The van der Waals surface area contributed by atoms with Crippen molar-refractivity contribution in [2.75, 3.05) is 18.1 Å². The van der Waals surface area contributed by atoms with E-state index >= 15 is 0 Å². The molecular weight excluding hydrogens is 220 g/mol. The van der Waals surface area contributed by atoms with Gasteiger partial charge in [0.25, 0.3) is 0 Å². The van der Waals surface area contributed by atoms with Crippen LogP contribution in [0.15, 0.2) is 0 Å². The first-order chi connectivity index (χ1) is 7.74. The van der Waals surface area contributed by atoms with Gasteiger partial charge >= 0.3 is 0 Å². The van der Waals surface area contributed by atoms with Gasteiger partial charge in [-0.1, -0.05) is 13.3 Å². The highest BCUT2D eigenvalue weighted by atomic mass is 32.2. The molecule has 2 N–H and O–H groups in total. The minimum absolute atomic E-state index is 0.0510. The predicted octanol–water partition coefficient (Wildman–Crippen LogP) is 1.78. The van der Waals surface area contributed by atoms with Crippen molar-refractivity contribution in [1.29, 1.82) is 0 Å². The molecule has 0 aromatic rings. The molecule has 1 saturated heterocycles. The second-order valence-electron chi connectivity index (χ2n) is 4.40. The number of carbonyl (C=O) groups excluding carboxylic acids is 1. The first kappa shape index (κ1) is 13.8. The average Bonchev–Trinajstić information content (AvgIpc) is 2.30. The first-order valence-electron chi connectivity index (χ1n) is 6.35.